The molecule has 0 fully saturated rings. The van der Waals surface area contributed by atoms with Crippen molar-refractivity contribution in [2.24, 2.45) is 0 Å². The summed E-state index contributed by atoms with van der Waals surface area (Å²) in [5.74, 6) is -0.283. The van der Waals surface area contributed by atoms with Gasteiger partial charge in [0, 0.05) is 17.8 Å². The number of hydrogen-bond acceptors (Lipinski definition) is 8. The van der Waals surface area contributed by atoms with Crippen LogP contribution in [0.4, 0.5) is 10.5 Å². The lowest BCUT2D eigenvalue weighted by atomic mass is 10.0. The van der Waals surface area contributed by atoms with E-state index < -0.39 is 23.0 Å². The Labute approximate surface area is 174 Å². The summed E-state index contributed by atoms with van der Waals surface area (Å²) in [5, 5.41) is 23.9. The molecule has 3 heterocycles. The van der Waals surface area contributed by atoms with Crippen molar-refractivity contribution in [1.82, 2.24) is 25.6 Å². The first-order valence-corrected chi connectivity index (χ1v) is 9.07. The zero-order chi connectivity index (χ0) is 22.0. The number of allylic oxidation sites excluding steroid dienone is 1. The lowest BCUT2D eigenvalue weighted by Gasteiger charge is -2.26. The maximum absolute atomic E-state index is 12.7. The van der Waals surface area contributed by atoms with Crippen LogP contribution in [-0.4, -0.2) is 31.9 Å². The molecule has 12 heteroatoms. The second-order valence-corrected chi connectivity index (χ2v) is 6.59. The first kappa shape index (κ1) is 19.8. The van der Waals surface area contributed by atoms with Crippen LogP contribution in [0.1, 0.15) is 24.4 Å². The molecule has 1 aliphatic rings. The number of nitrogens with zero attached hydrogens (tertiary/aromatic N) is 4. The van der Waals surface area contributed by atoms with Gasteiger partial charge in [0.2, 0.25) is 0 Å². The van der Waals surface area contributed by atoms with Crippen molar-refractivity contribution < 1.29 is 23.7 Å². The maximum atomic E-state index is 12.7. The van der Waals surface area contributed by atoms with Crippen LogP contribution in [0.25, 0.3) is 5.69 Å². The number of non-ortho nitro benzene ring substituents is 1. The average molecular weight is 424 g/mol. The Hall–Kier alpha value is -4.48. The Morgan fingerprint density at radius 1 is 1.35 bits per heavy atom. The number of hydrogen-bond donors (Lipinski definition) is 2. The number of aromatic nitrogens is 3. The number of nitro groups is 1. The van der Waals surface area contributed by atoms with Crippen LogP contribution in [0.2, 0.25) is 0 Å². The number of carbonyl (C=O) groups excluding carboxylic acids is 2. The van der Waals surface area contributed by atoms with E-state index in [0.717, 1.165) is 0 Å². The molecule has 0 saturated carbocycles. The molecule has 2 amide bonds. The van der Waals surface area contributed by atoms with Gasteiger partial charge in [-0.2, -0.15) is 0 Å². The second kappa shape index (κ2) is 8.10. The number of urea groups is 1. The topological polar surface area (TPSA) is 154 Å². The average Bonchev–Trinajstić information content (AvgIpc) is 3.44. The highest BCUT2D eigenvalue weighted by Crippen LogP contribution is 2.28. The third-order valence-corrected chi connectivity index (χ3v) is 4.51. The highest BCUT2D eigenvalue weighted by atomic mass is 16.6. The van der Waals surface area contributed by atoms with Gasteiger partial charge in [0.15, 0.2) is 0 Å². The predicted octanol–water partition coefficient (Wildman–Crippen LogP) is 2.14. The summed E-state index contributed by atoms with van der Waals surface area (Å²) in [6, 6.07) is 7.91. The fourth-order valence-corrected chi connectivity index (χ4v) is 3.09. The summed E-state index contributed by atoms with van der Waals surface area (Å²) < 4.78 is 12.0. The minimum Gasteiger partial charge on any atom is -0.467 e. The van der Waals surface area contributed by atoms with E-state index in [2.05, 4.69) is 20.9 Å². The summed E-state index contributed by atoms with van der Waals surface area (Å²) in [4.78, 5) is 35.0. The van der Waals surface area contributed by atoms with Crippen LogP contribution < -0.4 is 10.6 Å². The molecule has 0 spiro atoms. The smallest absolute Gasteiger partial charge is 0.338 e. The molecule has 2 aromatic heterocycles. The van der Waals surface area contributed by atoms with E-state index in [-0.39, 0.29) is 17.9 Å². The first-order chi connectivity index (χ1) is 14.9. The fourth-order valence-electron chi connectivity index (χ4n) is 3.09. The van der Waals surface area contributed by atoms with Crippen molar-refractivity contribution >= 4 is 17.7 Å². The lowest BCUT2D eigenvalue weighted by Crippen LogP contribution is -2.45. The first-order valence-electron chi connectivity index (χ1n) is 9.07. The van der Waals surface area contributed by atoms with Gasteiger partial charge in [-0.1, -0.05) is 11.3 Å². The molecule has 1 aliphatic heterocycles. The third kappa shape index (κ3) is 4.12. The van der Waals surface area contributed by atoms with E-state index in [1.54, 1.807) is 25.1 Å². The molecule has 1 unspecified atom stereocenters. The van der Waals surface area contributed by atoms with Crippen molar-refractivity contribution in [3.05, 3.63) is 81.7 Å². The van der Waals surface area contributed by atoms with E-state index in [1.807, 2.05) is 0 Å². The van der Waals surface area contributed by atoms with Gasteiger partial charge in [0.05, 0.1) is 28.6 Å². The highest BCUT2D eigenvalue weighted by Gasteiger charge is 2.34. The molecule has 0 saturated heterocycles. The van der Waals surface area contributed by atoms with Gasteiger partial charge in [-0.3, -0.25) is 10.1 Å². The van der Waals surface area contributed by atoms with Crippen molar-refractivity contribution in [2.75, 3.05) is 0 Å². The van der Waals surface area contributed by atoms with E-state index in [0.29, 0.717) is 22.8 Å². The highest BCUT2D eigenvalue weighted by molar-refractivity contribution is 5.94. The van der Waals surface area contributed by atoms with Crippen LogP contribution in [0.15, 0.2) is 64.5 Å². The second-order valence-electron chi connectivity index (χ2n) is 6.59. The Morgan fingerprint density at radius 2 is 2.19 bits per heavy atom. The molecule has 0 radical (unpaired) electrons. The van der Waals surface area contributed by atoms with Crippen LogP contribution >= 0.6 is 0 Å². The molecular weight excluding hydrogens is 408 g/mol. The molecule has 31 heavy (non-hydrogen) atoms. The molecule has 2 N–H and O–H groups in total. The number of carbonyl (C=O) groups is 2. The Balaban J connectivity index is 1.49. The number of nitrogens with one attached hydrogen (secondary N) is 2. The van der Waals surface area contributed by atoms with Crippen LogP contribution in [0.5, 0.6) is 0 Å². The van der Waals surface area contributed by atoms with Gasteiger partial charge < -0.3 is 19.8 Å². The summed E-state index contributed by atoms with van der Waals surface area (Å²) in [6.45, 7) is 1.40. The van der Waals surface area contributed by atoms with Gasteiger partial charge in [0.1, 0.15) is 24.1 Å². The molecule has 4 rings (SSSR count). The van der Waals surface area contributed by atoms with Gasteiger partial charge in [0.25, 0.3) is 5.69 Å². The number of furan rings is 1. The SMILES string of the molecule is CC1=C(C(=O)OCc2cn(-c3cccc([N+](=O)[O-])c3)nn2)C(c2ccco2)NC(=O)N1. The zero-order valence-electron chi connectivity index (χ0n) is 16.1. The van der Waals surface area contributed by atoms with Crippen LogP contribution in [-0.2, 0) is 16.1 Å². The van der Waals surface area contributed by atoms with Gasteiger partial charge in [-0.15, -0.1) is 5.10 Å². The monoisotopic (exact) mass is 424 g/mol. The number of amides is 2. The lowest BCUT2D eigenvalue weighted by molar-refractivity contribution is -0.384. The minimum absolute atomic E-state index is 0.0841. The predicted molar refractivity (Wildman–Crippen MR) is 104 cm³/mol. The molecule has 0 aliphatic carbocycles. The molecule has 3 aromatic rings. The molecule has 1 atom stereocenters. The van der Waals surface area contributed by atoms with Gasteiger partial charge in [-0.25, -0.2) is 14.3 Å². The van der Waals surface area contributed by atoms with E-state index in [1.165, 1.54) is 35.3 Å². The maximum Gasteiger partial charge on any atom is 0.338 e. The standard InChI is InChI=1S/C19H16N6O6/c1-11-16(17(21-19(27)20-11)15-6-3-7-30-15)18(26)31-10-12-9-24(23-22-12)13-4-2-5-14(8-13)25(28)29/h2-9,17H,10H2,1H3,(H2,20,21,27). The summed E-state index contributed by atoms with van der Waals surface area (Å²) in [6.07, 6.45) is 2.94. The largest absolute Gasteiger partial charge is 0.467 e. The summed E-state index contributed by atoms with van der Waals surface area (Å²) in [7, 11) is 0. The van der Waals surface area contributed by atoms with E-state index >= 15 is 0 Å². The quantitative estimate of drug-likeness (QED) is 0.346. The van der Waals surface area contributed by atoms with E-state index in [4.69, 9.17) is 9.15 Å². The number of esters is 1. The molecule has 0 bridgehead atoms. The van der Waals surface area contributed by atoms with Gasteiger partial charge >= 0.3 is 12.0 Å². The van der Waals surface area contributed by atoms with Crippen molar-refractivity contribution in [1.29, 1.82) is 0 Å². The zero-order valence-corrected chi connectivity index (χ0v) is 16.1. The summed E-state index contributed by atoms with van der Waals surface area (Å²) >= 11 is 0. The Kier molecular flexibility index (Phi) is 5.18. The normalized spacial score (nSPS) is 15.9. The fraction of sp³-hybridized carbons (Fsp3) is 0.158. The van der Waals surface area contributed by atoms with Crippen molar-refractivity contribution in [2.45, 2.75) is 19.6 Å². The Bertz CT molecular complexity index is 1180. The van der Waals surface area contributed by atoms with Crippen LogP contribution in [0.3, 0.4) is 0 Å². The minimum atomic E-state index is -0.795. The van der Waals surface area contributed by atoms with Crippen molar-refractivity contribution in [3.8, 4) is 5.69 Å². The third-order valence-electron chi connectivity index (χ3n) is 4.51. The van der Waals surface area contributed by atoms with Crippen molar-refractivity contribution in [3.63, 3.8) is 0 Å². The molecule has 158 valence electrons. The van der Waals surface area contributed by atoms with Crippen LogP contribution in [0, 0.1) is 10.1 Å². The number of rotatable bonds is 6. The van der Waals surface area contributed by atoms with Gasteiger partial charge in [-0.05, 0) is 25.1 Å². The summed E-state index contributed by atoms with van der Waals surface area (Å²) in [5.41, 5.74) is 1.23. The van der Waals surface area contributed by atoms with E-state index in [9.17, 15) is 19.7 Å². The Morgan fingerprint density at radius 3 is 2.94 bits per heavy atom. The molecular formula is C19H16N6O6. The number of benzene rings is 1. The molecule has 1 aromatic carbocycles. The number of ether oxygens (including phenoxy) is 1. The number of nitro benzene ring substituents is 1. The molecule has 12 nitrogen and oxygen atoms in total.